The van der Waals surface area contributed by atoms with Crippen molar-refractivity contribution < 1.29 is 27.4 Å². The van der Waals surface area contributed by atoms with Crippen LogP contribution in [-0.2, 0) is 20.4 Å². The molecular formula is C14H18F3NO3. The summed E-state index contributed by atoms with van der Waals surface area (Å²) in [6.07, 6.45) is -4.40. The predicted octanol–water partition coefficient (Wildman–Crippen LogP) is 2.55. The van der Waals surface area contributed by atoms with Crippen LogP contribution in [0.5, 0.6) is 0 Å². The first-order valence-corrected chi connectivity index (χ1v) is 6.37. The van der Waals surface area contributed by atoms with Gasteiger partial charge in [0.15, 0.2) is 0 Å². The minimum atomic E-state index is -4.40. The zero-order valence-corrected chi connectivity index (χ0v) is 11.9. The average molecular weight is 305 g/mol. The number of benzene rings is 1. The fourth-order valence-corrected chi connectivity index (χ4v) is 1.66. The van der Waals surface area contributed by atoms with E-state index in [4.69, 9.17) is 9.47 Å². The lowest BCUT2D eigenvalue weighted by atomic mass is 10.0. The van der Waals surface area contributed by atoms with Gasteiger partial charge in [0.05, 0.1) is 24.8 Å². The van der Waals surface area contributed by atoms with Crippen LogP contribution < -0.4 is 5.32 Å². The molecule has 4 nitrogen and oxygen atoms in total. The number of rotatable bonds is 7. The molecule has 0 saturated heterocycles. The van der Waals surface area contributed by atoms with Gasteiger partial charge in [0.25, 0.3) is 0 Å². The van der Waals surface area contributed by atoms with Gasteiger partial charge in [-0.3, -0.25) is 4.79 Å². The van der Waals surface area contributed by atoms with Crippen LogP contribution in [0.25, 0.3) is 0 Å². The molecule has 1 aromatic rings. The summed E-state index contributed by atoms with van der Waals surface area (Å²) in [5.74, 6) is -0.393. The molecule has 0 heterocycles. The second kappa shape index (κ2) is 7.99. The molecule has 1 unspecified atom stereocenters. The van der Waals surface area contributed by atoms with Gasteiger partial charge in [0, 0.05) is 7.11 Å². The summed E-state index contributed by atoms with van der Waals surface area (Å²) < 4.78 is 47.6. The van der Waals surface area contributed by atoms with E-state index in [0.29, 0.717) is 12.2 Å². The van der Waals surface area contributed by atoms with Gasteiger partial charge in [-0.1, -0.05) is 12.1 Å². The molecule has 0 saturated carbocycles. The molecular weight excluding hydrogens is 287 g/mol. The molecule has 7 heteroatoms. The lowest BCUT2D eigenvalue weighted by Gasteiger charge is -2.16. The molecule has 0 fully saturated rings. The highest BCUT2D eigenvalue weighted by molar-refractivity contribution is 5.77. The Balaban J connectivity index is 2.55. The Morgan fingerprint density at radius 1 is 1.33 bits per heavy atom. The van der Waals surface area contributed by atoms with Crippen molar-refractivity contribution in [3.8, 4) is 0 Å². The maximum atomic E-state index is 12.6. The number of carbonyl (C=O) groups is 1. The molecule has 0 aromatic heterocycles. The number of methoxy groups -OCH3 is 1. The molecule has 0 aliphatic heterocycles. The first-order valence-electron chi connectivity index (χ1n) is 6.37. The number of hydrogen-bond donors (Lipinski definition) is 1. The van der Waals surface area contributed by atoms with Crippen LogP contribution in [0.2, 0.25) is 0 Å². The smallest absolute Gasteiger partial charge is 0.382 e. The predicted molar refractivity (Wildman–Crippen MR) is 70.7 cm³/mol. The van der Waals surface area contributed by atoms with Crippen molar-refractivity contribution >= 4 is 5.91 Å². The average Bonchev–Trinajstić information content (AvgIpc) is 2.43. The lowest BCUT2D eigenvalue weighted by Crippen LogP contribution is -2.30. The van der Waals surface area contributed by atoms with Crippen LogP contribution in [0.1, 0.15) is 24.1 Å². The number of halogens is 3. The summed E-state index contributed by atoms with van der Waals surface area (Å²) in [5.41, 5.74) is -0.354. The Morgan fingerprint density at radius 3 is 2.67 bits per heavy atom. The van der Waals surface area contributed by atoms with Crippen molar-refractivity contribution in [2.45, 2.75) is 19.1 Å². The molecule has 21 heavy (non-hydrogen) atoms. The first-order chi connectivity index (χ1) is 9.84. The van der Waals surface area contributed by atoms with E-state index in [1.165, 1.54) is 19.2 Å². The molecule has 1 aromatic carbocycles. The topological polar surface area (TPSA) is 47.6 Å². The molecule has 0 aliphatic carbocycles. The maximum absolute atomic E-state index is 12.6. The number of ether oxygens (including phenoxy) is 2. The highest BCUT2D eigenvalue weighted by atomic mass is 19.4. The summed E-state index contributed by atoms with van der Waals surface area (Å²) >= 11 is 0. The first kappa shape index (κ1) is 17.5. The monoisotopic (exact) mass is 305 g/mol. The molecule has 0 radical (unpaired) electrons. The molecule has 1 rings (SSSR count). The minimum Gasteiger partial charge on any atom is -0.382 e. The highest BCUT2D eigenvalue weighted by Crippen LogP contribution is 2.30. The zero-order valence-electron chi connectivity index (χ0n) is 11.9. The molecule has 1 atom stereocenters. The standard InChI is InChI=1S/C14H18F3NO3/c1-10(18-13(19)9-21-7-6-20-2)11-4-3-5-12(8-11)14(15,16)17/h3-5,8,10H,6-7,9H2,1-2H3,(H,18,19). The second-order valence-electron chi connectivity index (χ2n) is 4.46. The second-order valence-corrected chi connectivity index (χ2v) is 4.46. The molecule has 0 spiro atoms. The SMILES string of the molecule is COCCOCC(=O)NC(C)c1cccc(C(F)(F)F)c1. The number of nitrogens with one attached hydrogen (secondary N) is 1. The molecule has 1 N–H and O–H groups in total. The van der Waals surface area contributed by atoms with Crippen LogP contribution in [0.3, 0.4) is 0 Å². The third kappa shape index (κ3) is 6.14. The summed E-state index contributed by atoms with van der Waals surface area (Å²) in [6.45, 7) is 2.10. The molecule has 118 valence electrons. The van der Waals surface area contributed by atoms with Crippen molar-refractivity contribution in [2.24, 2.45) is 0 Å². The van der Waals surface area contributed by atoms with Gasteiger partial charge in [-0.15, -0.1) is 0 Å². The van der Waals surface area contributed by atoms with E-state index in [1.54, 1.807) is 6.92 Å². The largest absolute Gasteiger partial charge is 0.416 e. The van der Waals surface area contributed by atoms with Crippen molar-refractivity contribution in [1.29, 1.82) is 0 Å². The lowest BCUT2D eigenvalue weighted by molar-refractivity contribution is -0.137. The van der Waals surface area contributed by atoms with E-state index >= 15 is 0 Å². The summed E-state index contributed by atoms with van der Waals surface area (Å²) in [6, 6.07) is 4.33. The minimum absolute atomic E-state index is 0.160. The third-order valence-electron chi connectivity index (χ3n) is 2.76. The Morgan fingerprint density at radius 2 is 2.05 bits per heavy atom. The Bertz CT molecular complexity index is 463. The Labute approximate surface area is 121 Å². The highest BCUT2D eigenvalue weighted by Gasteiger charge is 2.30. The van der Waals surface area contributed by atoms with Crippen molar-refractivity contribution in [2.75, 3.05) is 26.9 Å². The molecule has 0 aliphatic rings. The van der Waals surface area contributed by atoms with E-state index in [1.807, 2.05) is 0 Å². The Hall–Kier alpha value is -1.60. The Kier molecular flexibility index (Phi) is 6.64. The van der Waals surface area contributed by atoms with Gasteiger partial charge in [0.2, 0.25) is 5.91 Å². The van der Waals surface area contributed by atoms with Gasteiger partial charge in [-0.2, -0.15) is 13.2 Å². The molecule has 0 bridgehead atoms. The van der Waals surface area contributed by atoms with Crippen molar-refractivity contribution in [3.63, 3.8) is 0 Å². The maximum Gasteiger partial charge on any atom is 0.416 e. The number of hydrogen-bond acceptors (Lipinski definition) is 3. The van der Waals surface area contributed by atoms with Gasteiger partial charge in [-0.05, 0) is 24.6 Å². The summed E-state index contributed by atoms with van der Waals surface area (Å²) in [4.78, 5) is 11.6. The number of carbonyl (C=O) groups excluding carboxylic acids is 1. The van der Waals surface area contributed by atoms with Gasteiger partial charge < -0.3 is 14.8 Å². The number of amides is 1. The van der Waals surface area contributed by atoms with E-state index < -0.39 is 23.7 Å². The van der Waals surface area contributed by atoms with E-state index in [9.17, 15) is 18.0 Å². The van der Waals surface area contributed by atoms with Crippen LogP contribution in [0.4, 0.5) is 13.2 Å². The van der Waals surface area contributed by atoms with Crippen molar-refractivity contribution in [1.82, 2.24) is 5.32 Å². The van der Waals surface area contributed by atoms with E-state index in [-0.39, 0.29) is 13.2 Å². The van der Waals surface area contributed by atoms with Gasteiger partial charge in [-0.25, -0.2) is 0 Å². The van der Waals surface area contributed by atoms with Crippen molar-refractivity contribution in [3.05, 3.63) is 35.4 Å². The van der Waals surface area contributed by atoms with Crippen LogP contribution >= 0.6 is 0 Å². The van der Waals surface area contributed by atoms with Crippen LogP contribution in [-0.4, -0.2) is 32.8 Å². The van der Waals surface area contributed by atoms with E-state index in [0.717, 1.165) is 12.1 Å². The zero-order chi connectivity index (χ0) is 15.9. The van der Waals surface area contributed by atoms with Gasteiger partial charge >= 0.3 is 6.18 Å². The normalized spacial score (nSPS) is 13.0. The number of alkyl halides is 3. The fourth-order valence-electron chi connectivity index (χ4n) is 1.66. The van der Waals surface area contributed by atoms with Crippen LogP contribution in [0.15, 0.2) is 24.3 Å². The summed E-state index contributed by atoms with van der Waals surface area (Å²) in [5, 5.41) is 2.58. The van der Waals surface area contributed by atoms with Gasteiger partial charge in [0.1, 0.15) is 6.61 Å². The molecule has 1 amide bonds. The van der Waals surface area contributed by atoms with E-state index in [2.05, 4.69) is 5.32 Å². The quantitative estimate of drug-likeness (QED) is 0.788. The third-order valence-corrected chi connectivity index (χ3v) is 2.76. The fraction of sp³-hybridized carbons (Fsp3) is 0.500. The summed E-state index contributed by atoms with van der Waals surface area (Å²) in [7, 11) is 1.51. The van der Waals surface area contributed by atoms with Crippen LogP contribution in [0, 0.1) is 0 Å².